The standard InChI is InChI=1S/C14H29NO2.C11H23NO2.C10H21NO2.C9H19NO3.4C9H19NO2.C8H17NO2.C8H17NS2/c1-5-7-12(15)8-6-9-14(4)16-10-13(2,3)11-17-14;1-11(13-9-10-14-11)7-5-3-2-4-6-8-12;1-8-5-12-10(4,13-8)6-9(2,3)7-11;1-7(10)8(11)3-4-9(2)12-5-6-13-9;1-8(2,7-10)6-9(3)11-4-5-12-9;1-8(4-5-10-3)9(2)11-6-7-12-9;1-8(2,10)4-5-9(3)11-6-7-12-9;1-2-9(5-3-4-6-10)11-7-8-12-9;1-7(2,9)6-8(3)10-4-5-11-8;1-8(4-2-5-9)10-6-3-7-11-8/h12H,5-11,15H2,1-4H3;2-10,12H2,1H3;8H,5-7,11H2,1-4H3;7-8,11H,3-6,10H2,1-2H3;4-7,10H2,1-3H3;8,10H,4-7H2,1-3H3;4-7,10H2,1-3H3;2-8,10H2,1H3;4-6,9H2,1-3H3;2-7,9H2,1H3. The molecular weight excluding hydrogens is 1660 g/mol. The summed E-state index contributed by atoms with van der Waals surface area (Å²) in [5.41, 5.74) is 50.8. The molecule has 0 saturated carbocycles. The number of hydrogen-bond donors (Lipinski definition) is 11. The molecule has 6 unspecified atom stereocenters. The fourth-order valence-corrected chi connectivity index (χ4v) is 18.8. The van der Waals surface area contributed by atoms with Crippen molar-refractivity contribution in [1.29, 1.82) is 0 Å². The van der Waals surface area contributed by atoms with E-state index in [2.05, 4.69) is 98.1 Å². The first-order chi connectivity index (χ1) is 59.1. The first kappa shape index (κ1) is 125. The Morgan fingerprint density at radius 2 is 0.811 bits per heavy atom. The number of ether oxygens (including phenoxy) is 18. The van der Waals surface area contributed by atoms with Gasteiger partial charge in [-0.2, -0.15) is 0 Å². The van der Waals surface area contributed by atoms with Gasteiger partial charge in [-0.3, -0.25) is 0 Å². The highest BCUT2D eigenvalue weighted by Gasteiger charge is 2.43. The topological polar surface area (TPSA) is 433 Å². The van der Waals surface area contributed by atoms with Gasteiger partial charge in [-0.05, 0) is 262 Å². The number of thioether (sulfide) groups is 2. The lowest BCUT2D eigenvalue weighted by molar-refractivity contribution is -0.292. The normalized spacial score (nSPS) is 24.5. The Bertz CT molecular complexity index is 2660. The van der Waals surface area contributed by atoms with Gasteiger partial charge in [0.1, 0.15) is 0 Å². The maximum atomic E-state index is 9.47. The third kappa shape index (κ3) is 58.1. The minimum atomic E-state index is -0.504. The molecule has 0 spiro atoms. The van der Waals surface area contributed by atoms with Crippen molar-refractivity contribution in [1.82, 2.24) is 5.32 Å². The Balaban J connectivity index is 0.000000707. The quantitative estimate of drug-likeness (QED) is 0.0254. The second-order valence-corrected chi connectivity index (χ2v) is 45.1. The highest BCUT2D eigenvalue weighted by Crippen LogP contribution is 2.45. The summed E-state index contributed by atoms with van der Waals surface area (Å²) < 4.78 is 100. The van der Waals surface area contributed by atoms with E-state index in [9.17, 15) is 5.11 Å². The molecule has 0 aromatic rings. The average molecular weight is 1860 g/mol. The molecule has 0 amide bonds. The van der Waals surface area contributed by atoms with Crippen molar-refractivity contribution in [3.8, 4) is 0 Å². The van der Waals surface area contributed by atoms with E-state index in [4.69, 9.17) is 137 Å². The summed E-state index contributed by atoms with van der Waals surface area (Å²) >= 11 is 4.23. The van der Waals surface area contributed by atoms with E-state index in [-0.39, 0.29) is 68.4 Å². The van der Waals surface area contributed by atoms with Crippen LogP contribution in [0.15, 0.2) is 0 Å². The van der Waals surface area contributed by atoms with Crippen molar-refractivity contribution in [2.45, 2.75) is 425 Å². The summed E-state index contributed by atoms with van der Waals surface area (Å²) in [4.78, 5) is 0. The summed E-state index contributed by atoms with van der Waals surface area (Å²) in [7, 11) is 1.96. The number of hydrogen-bond acceptors (Lipinski definition) is 31. The molecule has 10 rings (SSSR count). The molecule has 762 valence electrons. The molecule has 29 nitrogen and oxygen atoms in total. The van der Waals surface area contributed by atoms with Crippen LogP contribution in [0.25, 0.3) is 0 Å². The molecule has 0 radical (unpaired) electrons. The number of unbranched alkanes of at least 4 members (excludes halogenated alkanes) is 5. The number of aliphatic hydroxyl groups is 1. The average Bonchev–Trinajstić information content (AvgIpc) is 1.79. The molecule has 0 bridgehead atoms. The summed E-state index contributed by atoms with van der Waals surface area (Å²) in [5, 5.41) is 12.6. The highest BCUT2D eigenvalue weighted by atomic mass is 32.2. The van der Waals surface area contributed by atoms with E-state index >= 15 is 0 Å². The summed E-state index contributed by atoms with van der Waals surface area (Å²) in [6, 6.07) is 0.147. The van der Waals surface area contributed by atoms with Crippen LogP contribution < -0.4 is 56.9 Å². The largest absolute Gasteiger partial charge is 0.392 e. The van der Waals surface area contributed by atoms with Gasteiger partial charge in [0.05, 0.1) is 129 Å². The zero-order valence-electron chi connectivity index (χ0n) is 85.8. The molecule has 31 heteroatoms. The van der Waals surface area contributed by atoms with Crippen molar-refractivity contribution in [2.24, 2.45) is 73.8 Å². The number of nitrogens with one attached hydrogen (secondary N) is 1. The van der Waals surface area contributed by atoms with E-state index in [1.165, 1.54) is 62.9 Å². The predicted octanol–water partition coefficient (Wildman–Crippen LogP) is 14.7. The lowest BCUT2D eigenvalue weighted by Gasteiger charge is -2.41. The summed E-state index contributed by atoms with van der Waals surface area (Å²) in [5.74, 6) is -0.299. The van der Waals surface area contributed by atoms with Crippen LogP contribution in [-0.4, -0.2) is 267 Å². The van der Waals surface area contributed by atoms with Gasteiger partial charge in [-0.25, -0.2) is 0 Å². The lowest BCUT2D eigenvalue weighted by Crippen LogP contribution is -2.45. The van der Waals surface area contributed by atoms with Crippen molar-refractivity contribution in [3.05, 3.63) is 0 Å². The van der Waals surface area contributed by atoms with Gasteiger partial charge in [0, 0.05) is 85.9 Å². The number of aliphatic hydroxyl groups excluding tert-OH is 1. The number of nitrogens with two attached hydrogens (primary N) is 9. The van der Waals surface area contributed by atoms with Gasteiger partial charge >= 0.3 is 0 Å². The maximum Gasteiger partial charge on any atom is 0.168 e. The van der Waals surface area contributed by atoms with Crippen molar-refractivity contribution in [2.75, 3.05) is 170 Å². The van der Waals surface area contributed by atoms with E-state index in [0.717, 1.165) is 182 Å². The van der Waals surface area contributed by atoms with Gasteiger partial charge in [0.2, 0.25) is 0 Å². The van der Waals surface area contributed by atoms with Crippen LogP contribution in [0.2, 0.25) is 0 Å². The number of rotatable bonds is 40. The zero-order valence-corrected chi connectivity index (χ0v) is 87.4. The molecule has 6 atom stereocenters. The smallest absolute Gasteiger partial charge is 0.168 e. The second kappa shape index (κ2) is 62.5. The van der Waals surface area contributed by atoms with Crippen LogP contribution in [0.5, 0.6) is 0 Å². The van der Waals surface area contributed by atoms with Gasteiger partial charge in [0.25, 0.3) is 0 Å². The fourth-order valence-electron chi connectivity index (χ4n) is 15.7. The summed E-state index contributed by atoms with van der Waals surface area (Å²) in [6.45, 7) is 66.4. The monoisotopic (exact) mass is 1860 g/mol. The minimum absolute atomic E-state index is 0.0822. The molecule has 127 heavy (non-hydrogen) atoms. The van der Waals surface area contributed by atoms with E-state index in [1.54, 1.807) is 6.92 Å². The Labute approximate surface area is 783 Å². The third-order valence-electron chi connectivity index (χ3n) is 23.9. The van der Waals surface area contributed by atoms with Gasteiger partial charge in [0.15, 0.2) is 52.1 Å². The molecule has 20 N–H and O–H groups in total. The molecule has 10 fully saturated rings. The molecule has 10 saturated heterocycles. The molecule has 0 aliphatic carbocycles. The Kier molecular flexibility index (Phi) is 61.3. The van der Waals surface area contributed by atoms with Crippen molar-refractivity contribution >= 4 is 23.5 Å². The summed E-state index contributed by atoms with van der Waals surface area (Å²) in [6.07, 6.45) is 26.9. The molecule has 10 aliphatic heterocycles. The lowest BCUT2D eigenvalue weighted by atomic mass is 9.86. The first-order valence-corrected chi connectivity index (χ1v) is 50.8. The van der Waals surface area contributed by atoms with E-state index < -0.39 is 29.3 Å². The van der Waals surface area contributed by atoms with E-state index in [0.29, 0.717) is 101 Å². The Morgan fingerprint density at radius 1 is 0.417 bits per heavy atom. The van der Waals surface area contributed by atoms with Gasteiger partial charge < -0.3 is 147 Å². The maximum absolute atomic E-state index is 9.47. The predicted molar refractivity (Wildman–Crippen MR) is 520 cm³/mol. The Morgan fingerprint density at radius 3 is 1.23 bits per heavy atom. The van der Waals surface area contributed by atoms with Crippen LogP contribution in [0, 0.1) is 22.2 Å². The van der Waals surface area contributed by atoms with Gasteiger partial charge in [-0.1, -0.05) is 88.0 Å². The zero-order chi connectivity index (χ0) is 96.3. The molecule has 10 aliphatic rings. The van der Waals surface area contributed by atoms with Crippen LogP contribution in [0.3, 0.4) is 0 Å². The fraction of sp³-hybridized carbons (Fsp3) is 1.00. The van der Waals surface area contributed by atoms with Crippen LogP contribution in [-0.2, 0) is 85.3 Å². The van der Waals surface area contributed by atoms with E-state index in [1.807, 2.05) is 97.1 Å². The van der Waals surface area contributed by atoms with Crippen LogP contribution in [0.1, 0.15) is 333 Å². The van der Waals surface area contributed by atoms with Crippen molar-refractivity contribution in [3.63, 3.8) is 0 Å². The third-order valence-corrected chi connectivity index (χ3v) is 27.2. The molecular formula is C96H202N10O19S2. The minimum Gasteiger partial charge on any atom is -0.392 e. The first-order valence-electron chi connectivity index (χ1n) is 48.9. The van der Waals surface area contributed by atoms with Crippen LogP contribution in [0.4, 0.5) is 0 Å². The molecule has 0 aromatic heterocycles. The Hall–Kier alpha value is -0.460. The van der Waals surface area contributed by atoms with Gasteiger partial charge in [-0.15, -0.1) is 23.5 Å². The van der Waals surface area contributed by atoms with Crippen LogP contribution >= 0.6 is 23.5 Å². The highest BCUT2D eigenvalue weighted by molar-refractivity contribution is 8.18. The second-order valence-electron chi connectivity index (χ2n) is 41.6. The SMILES string of the molecule is CC(C)(CN)CC1(C)OCCO1.CC(C)(N)CC1(C)OCCO1.CC(C)(N)CCC1(C)OCCO1.CC(N)C(O)CCC1(C)OCCO1.CC1(CCCCCCCN)OCCO1.CC1(CCCN)SCCCS1.CC1COC(C)(CC(C)(C)CN)O1.CCC1(CCCCN)OCCO1.CCCC(N)CCCC1(C)OCC(C)(C)CO1.CNCCC(C)C1(C)OCCO1. The molecule has 0 aromatic carbocycles. The molecule has 10 heterocycles. The van der Waals surface area contributed by atoms with Crippen molar-refractivity contribution < 1.29 is 90.4 Å².